The van der Waals surface area contributed by atoms with E-state index in [1.807, 2.05) is 73.4 Å². The highest BCUT2D eigenvalue weighted by Gasteiger charge is 2.57. The summed E-state index contributed by atoms with van der Waals surface area (Å²) < 4.78 is 20.4. The highest BCUT2D eigenvalue weighted by Crippen LogP contribution is 2.48. The minimum atomic E-state index is -1.26. The minimum absolute atomic E-state index is 0.187. The van der Waals surface area contributed by atoms with Crippen molar-refractivity contribution in [2.75, 3.05) is 63.2 Å². The van der Waals surface area contributed by atoms with E-state index in [0.717, 1.165) is 176 Å². The first-order valence-electron chi connectivity index (χ1n) is 39.6. The number of carboxylic acids is 1. The SMILES string of the molecule is CC(C)(C)OC(=O)N1CCC(Cc2cccc(-c3cccc(CN)c3)c2)CC1.CCc1nc2c(cnn2CC)c(NC2CCOCC2)c1CNC(=O)C1(C(=O)NCc2cccc(-c3cccc(CC4CCNCC4)c3)c2)CC1.CCc1nc2c(cnn2CC)c(NC2CCOCC2)c1CNC(=O)C1(C(=O)O)CC1. The molecule has 8 heterocycles. The average Bonchev–Trinajstić information content (AvgIpc) is 1.04. The number of hydrogen-bond acceptors (Lipinski definition) is 16. The van der Waals surface area contributed by atoms with Crippen molar-refractivity contribution in [2.24, 2.45) is 28.4 Å². The van der Waals surface area contributed by atoms with Crippen LogP contribution in [0.25, 0.3) is 44.3 Å². The lowest BCUT2D eigenvalue weighted by molar-refractivity contribution is -0.149. The Morgan fingerprint density at radius 3 is 1.38 bits per heavy atom. The number of benzene rings is 4. The molecule has 4 aromatic carbocycles. The second-order valence-electron chi connectivity index (χ2n) is 31.0. The van der Waals surface area contributed by atoms with Gasteiger partial charge in [0.25, 0.3) is 0 Å². The number of nitrogens with two attached hydrogens (primary N) is 1. The smallest absolute Gasteiger partial charge is 0.410 e. The minimum Gasteiger partial charge on any atom is -0.480 e. The molecule has 8 aromatic rings. The lowest BCUT2D eigenvalue weighted by atomic mass is 9.89. The number of fused-ring (bicyclic) bond motifs is 2. The van der Waals surface area contributed by atoms with Gasteiger partial charge >= 0.3 is 12.1 Å². The number of nitrogens with zero attached hydrogens (tertiary/aromatic N) is 7. The van der Waals surface area contributed by atoms with Gasteiger partial charge in [0, 0.05) is 113 Å². The number of pyridine rings is 2. The molecule has 23 heteroatoms. The molecule has 0 unspecified atom stereocenters. The number of rotatable bonds is 25. The van der Waals surface area contributed by atoms with Crippen molar-refractivity contribution in [1.82, 2.24) is 55.7 Å². The van der Waals surface area contributed by atoms with Crippen molar-refractivity contribution in [3.63, 3.8) is 0 Å². The standard InChI is InChI=1S/C40H51N7O3.C24H32N2O2.C21H29N5O4/c1-3-35-33(36(45-32-13-19-50-20-14-32)34-26-44-47(4-2)37(34)46-35)25-43-39(49)40(15-16-40)38(48)42-24-29-8-6-10-31(23-29)30-9-5-7-28(22-30)21-27-11-17-41-18-12-27;1-24(2,3)28-23(27)26-12-10-18(11-13-26)14-19-6-4-8-21(15-19)22-9-5-7-20(16-22)17-25;1-3-16-14(11-22-19(27)21(7-8-21)20(28)29)17(24-13-5-9-30-10-6-13)15-12-23-26(4-2)18(15)25-16/h5-10,22-23,26-27,32,41H,3-4,11-21,24-25H2,1-2H3,(H,42,48)(H,43,49)(H,45,46);4-9,15-16,18H,10-14,17,25H2,1-3H3;12-13H,3-11H2,1-2H3,(H,22,27)(H,24,25)(H,28,29). The van der Waals surface area contributed by atoms with E-state index in [0.29, 0.717) is 83.8 Å². The number of amides is 4. The van der Waals surface area contributed by atoms with Crippen LogP contribution in [0.5, 0.6) is 0 Å². The first kappa shape index (κ1) is 78.3. The number of aryl methyl sites for hydroxylation is 4. The van der Waals surface area contributed by atoms with Crippen LogP contribution in [0, 0.1) is 22.7 Å². The number of ether oxygens (including phenoxy) is 3. The second kappa shape index (κ2) is 35.8. The van der Waals surface area contributed by atoms with Crippen LogP contribution in [0.2, 0.25) is 0 Å². The monoisotopic (exact) mass is 1470 g/mol. The molecule has 9 N–H and O–H groups in total. The third kappa shape index (κ3) is 19.2. The highest BCUT2D eigenvalue weighted by molar-refractivity contribution is 6.08. The zero-order valence-electron chi connectivity index (χ0n) is 64.3. The summed E-state index contributed by atoms with van der Waals surface area (Å²) in [6.45, 7) is 23.5. The van der Waals surface area contributed by atoms with Crippen LogP contribution in [0.15, 0.2) is 109 Å². The summed E-state index contributed by atoms with van der Waals surface area (Å²) in [7, 11) is 0. The van der Waals surface area contributed by atoms with Crippen molar-refractivity contribution >= 4 is 63.2 Å². The first-order valence-corrected chi connectivity index (χ1v) is 39.6. The molecule has 576 valence electrons. The number of carbonyl (C=O) groups excluding carboxylic acids is 4. The molecule has 4 aromatic heterocycles. The molecule has 0 atom stereocenters. The summed E-state index contributed by atoms with van der Waals surface area (Å²) in [5.74, 6) is -0.566. The van der Waals surface area contributed by atoms with Crippen LogP contribution in [0.1, 0.15) is 170 Å². The number of anilines is 2. The van der Waals surface area contributed by atoms with E-state index in [1.165, 1.54) is 40.7 Å². The maximum atomic E-state index is 13.7. The normalized spacial score (nSPS) is 17.4. The van der Waals surface area contributed by atoms with Crippen molar-refractivity contribution in [3.8, 4) is 22.3 Å². The van der Waals surface area contributed by atoms with Gasteiger partial charge in [0.15, 0.2) is 11.3 Å². The van der Waals surface area contributed by atoms with Crippen molar-refractivity contribution in [2.45, 2.75) is 208 Å². The van der Waals surface area contributed by atoms with E-state index in [9.17, 15) is 29.1 Å². The molecule has 2 aliphatic carbocycles. The third-order valence-corrected chi connectivity index (χ3v) is 22.3. The number of nitrogens with one attached hydrogen (secondary N) is 6. The molecule has 0 spiro atoms. The van der Waals surface area contributed by atoms with E-state index < -0.39 is 28.3 Å². The summed E-state index contributed by atoms with van der Waals surface area (Å²) in [4.78, 5) is 75.3. The van der Waals surface area contributed by atoms with Crippen molar-refractivity contribution < 1.29 is 43.3 Å². The van der Waals surface area contributed by atoms with E-state index in [4.69, 9.17) is 29.9 Å². The molecule has 4 saturated heterocycles. The Labute approximate surface area is 635 Å². The Kier molecular flexibility index (Phi) is 26.0. The molecule has 14 rings (SSSR count). The predicted octanol–water partition coefficient (Wildman–Crippen LogP) is 12.6. The van der Waals surface area contributed by atoms with Gasteiger partial charge in [-0.25, -0.2) is 24.1 Å². The molecule has 2 saturated carbocycles. The van der Waals surface area contributed by atoms with Gasteiger partial charge in [-0.1, -0.05) is 98.8 Å². The Morgan fingerprint density at radius 1 is 0.556 bits per heavy atom. The fourth-order valence-corrected chi connectivity index (χ4v) is 15.5. The molecule has 6 aliphatic rings. The fraction of sp³-hybridized carbons (Fsp3) is 0.518. The molecule has 0 bridgehead atoms. The van der Waals surface area contributed by atoms with Gasteiger partial charge in [-0.05, 0) is 219 Å². The molecule has 108 heavy (non-hydrogen) atoms. The highest BCUT2D eigenvalue weighted by atomic mass is 16.6. The Balaban J connectivity index is 0.000000161. The van der Waals surface area contributed by atoms with E-state index >= 15 is 0 Å². The predicted molar refractivity (Wildman–Crippen MR) is 422 cm³/mol. The fourth-order valence-electron chi connectivity index (χ4n) is 15.5. The molecule has 0 radical (unpaired) electrons. The van der Waals surface area contributed by atoms with Crippen LogP contribution >= 0.6 is 0 Å². The molecule has 23 nitrogen and oxygen atoms in total. The lowest BCUT2D eigenvalue weighted by Crippen LogP contribution is -2.42. The van der Waals surface area contributed by atoms with Gasteiger partial charge in [-0.3, -0.25) is 19.2 Å². The summed E-state index contributed by atoms with van der Waals surface area (Å²) >= 11 is 0. The molecule has 6 fully saturated rings. The number of aromatic nitrogens is 6. The Morgan fingerprint density at radius 2 is 0.963 bits per heavy atom. The number of likely N-dealkylation sites (tertiary alicyclic amines) is 1. The van der Waals surface area contributed by atoms with Crippen LogP contribution in [0.3, 0.4) is 0 Å². The quantitative estimate of drug-likeness (QED) is 0.0247. The second-order valence-corrected chi connectivity index (χ2v) is 31.0. The van der Waals surface area contributed by atoms with Crippen molar-refractivity contribution in [1.29, 1.82) is 0 Å². The number of carbonyl (C=O) groups is 5. The topological polar surface area (TPSA) is 296 Å². The summed E-state index contributed by atoms with van der Waals surface area (Å²) in [6.07, 6.45) is 17.1. The van der Waals surface area contributed by atoms with E-state index in [2.05, 4.69) is 141 Å². The third-order valence-electron chi connectivity index (χ3n) is 22.3. The Bertz CT molecular complexity index is 4430. The Hall–Kier alpha value is -9.29. The lowest BCUT2D eigenvalue weighted by Gasteiger charge is -2.33. The molecular formula is C85H112N14O9. The maximum Gasteiger partial charge on any atom is 0.410 e. The molecule has 4 aliphatic heterocycles. The van der Waals surface area contributed by atoms with Gasteiger partial charge < -0.3 is 61.9 Å². The average molecular weight is 1470 g/mol. The number of carboxylic acid groups (broad SMARTS) is 1. The number of hydrogen-bond donors (Lipinski definition) is 8. The summed E-state index contributed by atoms with van der Waals surface area (Å²) in [5, 5.41) is 40.4. The van der Waals surface area contributed by atoms with Crippen LogP contribution in [-0.2, 0) is 98.3 Å². The molecule has 4 amide bonds. The maximum absolute atomic E-state index is 13.7. The largest absolute Gasteiger partial charge is 0.480 e. The first-order chi connectivity index (χ1) is 52.3. The van der Waals surface area contributed by atoms with Gasteiger partial charge in [0.1, 0.15) is 16.4 Å². The van der Waals surface area contributed by atoms with E-state index in [-0.39, 0.29) is 36.5 Å². The van der Waals surface area contributed by atoms with Gasteiger partial charge in [-0.2, -0.15) is 10.2 Å². The van der Waals surface area contributed by atoms with Gasteiger partial charge in [-0.15, -0.1) is 0 Å². The number of aliphatic carboxylic acids is 1. The van der Waals surface area contributed by atoms with Crippen LogP contribution in [0.4, 0.5) is 16.2 Å². The zero-order chi connectivity index (χ0) is 76.0. The van der Waals surface area contributed by atoms with Crippen LogP contribution in [-0.4, -0.2) is 140 Å². The zero-order valence-corrected chi connectivity index (χ0v) is 64.3. The van der Waals surface area contributed by atoms with Crippen molar-refractivity contribution in [3.05, 3.63) is 154 Å². The van der Waals surface area contributed by atoms with E-state index in [1.54, 1.807) is 0 Å². The van der Waals surface area contributed by atoms with Gasteiger partial charge in [0.05, 0.1) is 34.5 Å². The molecular weight excluding hydrogens is 1360 g/mol. The summed E-state index contributed by atoms with van der Waals surface area (Å²) in [6, 6.07) is 34.9. The summed E-state index contributed by atoms with van der Waals surface area (Å²) in [5.41, 5.74) is 20.0. The number of piperidine rings is 2. The van der Waals surface area contributed by atoms with Crippen LogP contribution < -0.4 is 37.6 Å². The van der Waals surface area contributed by atoms with Gasteiger partial charge in [0.2, 0.25) is 17.7 Å².